The van der Waals surface area contributed by atoms with E-state index in [1.165, 1.54) is 0 Å². The molecule has 3 nitrogen and oxygen atoms in total. The zero-order valence-electron chi connectivity index (χ0n) is 13.1. The molecule has 1 aliphatic rings. The molecule has 0 saturated carbocycles. The lowest BCUT2D eigenvalue weighted by Gasteiger charge is -2.18. The van der Waals surface area contributed by atoms with Crippen molar-refractivity contribution in [2.45, 2.75) is 25.4 Å². The van der Waals surface area contributed by atoms with Gasteiger partial charge >= 0.3 is 0 Å². The first-order valence-corrected chi connectivity index (χ1v) is 7.89. The average Bonchev–Trinajstić information content (AvgIpc) is 2.81. The van der Waals surface area contributed by atoms with Gasteiger partial charge in [0.1, 0.15) is 0 Å². The number of amides is 1. The lowest BCUT2D eigenvalue weighted by atomic mass is 9.95. The molecular formula is C20H19NO2. The van der Waals surface area contributed by atoms with Crippen molar-refractivity contribution in [3.8, 4) is 11.8 Å². The number of benzene rings is 2. The van der Waals surface area contributed by atoms with Gasteiger partial charge in [0.2, 0.25) is 5.60 Å². The summed E-state index contributed by atoms with van der Waals surface area (Å²) < 4.78 is 0. The number of aliphatic hydroxyl groups is 1. The Morgan fingerprint density at radius 3 is 2.52 bits per heavy atom. The molecule has 0 fully saturated rings. The second kappa shape index (κ2) is 6.28. The van der Waals surface area contributed by atoms with E-state index in [9.17, 15) is 9.90 Å². The minimum absolute atomic E-state index is 0.351. The summed E-state index contributed by atoms with van der Waals surface area (Å²) in [4.78, 5) is 14.4. The third kappa shape index (κ3) is 2.74. The Labute approximate surface area is 136 Å². The van der Waals surface area contributed by atoms with E-state index in [0.717, 1.165) is 24.1 Å². The third-order valence-corrected chi connectivity index (χ3v) is 4.04. The fourth-order valence-electron chi connectivity index (χ4n) is 2.78. The highest BCUT2D eigenvalue weighted by molar-refractivity contribution is 6.09. The summed E-state index contributed by atoms with van der Waals surface area (Å²) >= 11 is 0. The van der Waals surface area contributed by atoms with Crippen LogP contribution in [0.2, 0.25) is 0 Å². The van der Waals surface area contributed by atoms with Gasteiger partial charge < -0.3 is 10.0 Å². The van der Waals surface area contributed by atoms with E-state index in [0.29, 0.717) is 12.1 Å². The Morgan fingerprint density at radius 1 is 1.09 bits per heavy atom. The largest absolute Gasteiger partial charge is 0.366 e. The number of nitrogens with zero attached hydrogens (tertiary/aromatic N) is 1. The maximum Gasteiger partial charge on any atom is 0.276 e. The van der Waals surface area contributed by atoms with Crippen LogP contribution in [-0.4, -0.2) is 17.6 Å². The smallest absolute Gasteiger partial charge is 0.276 e. The van der Waals surface area contributed by atoms with Crippen LogP contribution in [0.15, 0.2) is 54.6 Å². The molecule has 1 unspecified atom stereocenters. The van der Waals surface area contributed by atoms with Crippen LogP contribution in [0.1, 0.15) is 30.9 Å². The second-order valence-electron chi connectivity index (χ2n) is 5.65. The predicted molar refractivity (Wildman–Crippen MR) is 90.9 cm³/mol. The maximum atomic E-state index is 12.8. The van der Waals surface area contributed by atoms with Crippen LogP contribution in [0.3, 0.4) is 0 Å². The first-order chi connectivity index (χ1) is 11.2. The van der Waals surface area contributed by atoms with Crippen molar-refractivity contribution in [2.24, 2.45) is 0 Å². The van der Waals surface area contributed by atoms with Crippen LogP contribution in [0.25, 0.3) is 0 Å². The van der Waals surface area contributed by atoms with E-state index in [4.69, 9.17) is 0 Å². The molecule has 1 aliphatic heterocycles. The van der Waals surface area contributed by atoms with E-state index in [1.54, 1.807) is 11.0 Å². The summed E-state index contributed by atoms with van der Waals surface area (Å²) in [6, 6.07) is 16.7. The first-order valence-electron chi connectivity index (χ1n) is 7.89. The van der Waals surface area contributed by atoms with Gasteiger partial charge in [0.15, 0.2) is 0 Å². The van der Waals surface area contributed by atoms with Gasteiger partial charge in [0.25, 0.3) is 5.91 Å². The minimum Gasteiger partial charge on any atom is -0.366 e. The lowest BCUT2D eigenvalue weighted by molar-refractivity contribution is -0.130. The molecule has 3 rings (SSSR count). The van der Waals surface area contributed by atoms with Crippen molar-refractivity contribution in [3.05, 3.63) is 65.7 Å². The van der Waals surface area contributed by atoms with Gasteiger partial charge in [0, 0.05) is 17.7 Å². The second-order valence-corrected chi connectivity index (χ2v) is 5.65. The molecule has 2 aromatic carbocycles. The van der Waals surface area contributed by atoms with Crippen LogP contribution in [0, 0.1) is 11.8 Å². The molecular weight excluding hydrogens is 286 g/mol. The Hall–Kier alpha value is -2.57. The molecule has 3 heteroatoms. The van der Waals surface area contributed by atoms with Crippen molar-refractivity contribution in [1.82, 2.24) is 0 Å². The Morgan fingerprint density at radius 2 is 1.78 bits per heavy atom. The Balaban J connectivity index is 2.02. The summed E-state index contributed by atoms with van der Waals surface area (Å²) in [5, 5.41) is 11.0. The Kier molecular flexibility index (Phi) is 4.18. The number of para-hydroxylation sites is 1. The van der Waals surface area contributed by atoms with Gasteiger partial charge in [-0.05, 0) is 30.5 Å². The quantitative estimate of drug-likeness (QED) is 0.885. The standard InChI is InChI=1S/C20H19NO2/c1-2-3-15-21-18-12-8-7-11-17(18)20(23,19(21)22)14-13-16-9-5-4-6-10-16/h4-12,23H,2-3,15H2,1H3. The monoisotopic (exact) mass is 305 g/mol. The van der Waals surface area contributed by atoms with Crippen LogP contribution in [0.5, 0.6) is 0 Å². The minimum atomic E-state index is -1.76. The molecule has 1 N–H and O–H groups in total. The fraction of sp³-hybridized carbons (Fsp3) is 0.250. The molecule has 0 saturated heterocycles. The van der Waals surface area contributed by atoms with Gasteiger partial charge in [-0.2, -0.15) is 0 Å². The number of unbranched alkanes of at least 4 members (excludes halogenated alkanes) is 1. The van der Waals surface area contributed by atoms with E-state index >= 15 is 0 Å². The Bertz CT molecular complexity index is 773. The zero-order chi connectivity index (χ0) is 16.3. The maximum absolute atomic E-state index is 12.8. The van der Waals surface area contributed by atoms with E-state index < -0.39 is 5.60 Å². The fourth-order valence-corrected chi connectivity index (χ4v) is 2.78. The summed E-state index contributed by atoms with van der Waals surface area (Å²) in [6.07, 6.45) is 1.88. The molecule has 0 radical (unpaired) electrons. The first kappa shape index (κ1) is 15.3. The van der Waals surface area contributed by atoms with E-state index in [-0.39, 0.29) is 5.91 Å². The van der Waals surface area contributed by atoms with Crippen molar-refractivity contribution in [1.29, 1.82) is 0 Å². The van der Waals surface area contributed by atoms with Crippen LogP contribution < -0.4 is 4.90 Å². The summed E-state index contributed by atoms with van der Waals surface area (Å²) in [6.45, 7) is 2.68. The molecule has 0 spiro atoms. The van der Waals surface area contributed by atoms with Crippen LogP contribution in [0.4, 0.5) is 5.69 Å². The summed E-state index contributed by atoms with van der Waals surface area (Å²) in [7, 11) is 0. The number of rotatable bonds is 3. The van der Waals surface area contributed by atoms with Crippen molar-refractivity contribution in [2.75, 3.05) is 11.4 Å². The van der Waals surface area contributed by atoms with Crippen LogP contribution >= 0.6 is 0 Å². The summed E-state index contributed by atoms with van der Waals surface area (Å²) in [5.74, 6) is 5.38. The van der Waals surface area contributed by atoms with Gasteiger partial charge in [-0.15, -0.1) is 0 Å². The van der Waals surface area contributed by atoms with E-state index in [1.807, 2.05) is 48.5 Å². The lowest BCUT2D eigenvalue weighted by Crippen LogP contribution is -2.39. The van der Waals surface area contributed by atoms with Crippen molar-refractivity contribution in [3.63, 3.8) is 0 Å². The van der Waals surface area contributed by atoms with Gasteiger partial charge in [-0.1, -0.05) is 55.7 Å². The molecule has 1 heterocycles. The number of carbonyl (C=O) groups is 1. The molecule has 0 bridgehead atoms. The van der Waals surface area contributed by atoms with Gasteiger partial charge in [-0.25, -0.2) is 0 Å². The molecule has 116 valence electrons. The number of hydrogen-bond donors (Lipinski definition) is 1. The molecule has 0 aromatic heterocycles. The third-order valence-electron chi connectivity index (χ3n) is 4.04. The predicted octanol–water partition coefficient (Wildman–Crippen LogP) is 3.07. The van der Waals surface area contributed by atoms with Crippen molar-refractivity contribution < 1.29 is 9.90 Å². The van der Waals surface area contributed by atoms with Crippen LogP contribution in [-0.2, 0) is 10.4 Å². The normalized spacial score (nSPS) is 19.2. The molecule has 0 aliphatic carbocycles. The molecule has 1 amide bonds. The SMILES string of the molecule is CCCCN1C(=O)C(O)(C#Cc2ccccc2)c2ccccc21. The molecule has 23 heavy (non-hydrogen) atoms. The highest BCUT2D eigenvalue weighted by Crippen LogP contribution is 2.40. The van der Waals surface area contributed by atoms with E-state index in [2.05, 4.69) is 18.8 Å². The molecule has 1 atom stereocenters. The van der Waals surface area contributed by atoms with Crippen molar-refractivity contribution >= 4 is 11.6 Å². The highest BCUT2D eigenvalue weighted by Gasteiger charge is 2.48. The highest BCUT2D eigenvalue weighted by atomic mass is 16.3. The van der Waals surface area contributed by atoms with Gasteiger partial charge in [-0.3, -0.25) is 4.79 Å². The number of hydrogen-bond acceptors (Lipinski definition) is 2. The number of anilines is 1. The zero-order valence-corrected chi connectivity index (χ0v) is 13.1. The molecule has 2 aromatic rings. The van der Waals surface area contributed by atoms with Gasteiger partial charge in [0.05, 0.1) is 5.69 Å². The topological polar surface area (TPSA) is 40.5 Å². The number of carbonyl (C=O) groups excluding carboxylic acids is 1. The average molecular weight is 305 g/mol. The number of fused-ring (bicyclic) bond motifs is 1. The summed E-state index contributed by atoms with van der Waals surface area (Å²) in [5.41, 5.74) is 0.346.